The predicted octanol–water partition coefficient (Wildman–Crippen LogP) is 4.16. The highest BCUT2D eigenvalue weighted by molar-refractivity contribution is 5.81. The summed E-state index contributed by atoms with van der Waals surface area (Å²) in [5.41, 5.74) is 1.18. The zero-order valence-corrected chi connectivity index (χ0v) is 18.9. The molecule has 0 aliphatic carbocycles. The maximum Gasteiger partial charge on any atom is 0.408 e. The smallest absolute Gasteiger partial charge is 0.408 e. The Labute approximate surface area is 183 Å². The fourth-order valence-corrected chi connectivity index (χ4v) is 3.67. The zero-order chi connectivity index (χ0) is 22.4. The summed E-state index contributed by atoms with van der Waals surface area (Å²) in [6.07, 6.45) is 2.62. The van der Waals surface area contributed by atoms with E-state index in [2.05, 4.69) is 9.88 Å². The highest BCUT2D eigenvalue weighted by Crippen LogP contribution is 2.30. The van der Waals surface area contributed by atoms with E-state index in [1.165, 1.54) is 0 Å². The van der Waals surface area contributed by atoms with Gasteiger partial charge in [0.05, 0.1) is 17.6 Å². The minimum atomic E-state index is -0.563. The molecule has 8 heteroatoms. The lowest BCUT2D eigenvalue weighted by Gasteiger charge is -2.26. The number of imidazole rings is 1. The number of hydrogen-bond acceptors (Lipinski definition) is 6. The first-order chi connectivity index (χ1) is 14.8. The topological polar surface area (TPSA) is 91.7 Å². The van der Waals surface area contributed by atoms with E-state index in [1.54, 1.807) is 0 Å². The van der Waals surface area contributed by atoms with Crippen molar-refractivity contribution in [1.29, 1.82) is 0 Å². The van der Waals surface area contributed by atoms with Crippen LogP contribution in [0.4, 0.5) is 4.79 Å². The molecule has 2 heterocycles. The lowest BCUT2D eigenvalue weighted by molar-refractivity contribution is -0.121. The first kappa shape index (κ1) is 23.1. The minimum absolute atomic E-state index is 0.0626. The normalized spacial score (nSPS) is 15.1. The monoisotopic (exact) mass is 431 g/mol. The summed E-state index contributed by atoms with van der Waals surface area (Å²) >= 11 is 0. The van der Waals surface area contributed by atoms with E-state index in [4.69, 9.17) is 19.2 Å². The van der Waals surface area contributed by atoms with Gasteiger partial charge in [0.2, 0.25) is 0 Å². The molecule has 0 saturated carbocycles. The third-order valence-electron chi connectivity index (χ3n) is 5.01. The highest BCUT2D eigenvalue weighted by atomic mass is 16.6. The second kappa shape index (κ2) is 10.1. The molecule has 170 valence electrons. The third-order valence-corrected chi connectivity index (χ3v) is 5.01. The zero-order valence-electron chi connectivity index (χ0n) is 18.9. The molecule has 1 saturated heterocycles. The van der Waals surface area contributed by atoms with Crippen LogP contribution in [0.2, 0.25) is 0 Å². The van der Waals surface area contributed by atoms with Crippen molar-refractivity contribution in [3.8, 4) is 5.75 Å². The molecule has 3 rings (SSSR count). The average molecular weight is 432 g/mol. The van der Waals surface area contributed by atoms with E-state index in [1.807, 2.05) is 45.9 Å². The fourth-order valence-electron chi connectivity index (χ4n) is 3.67. The number of fused-ring (bicyclic) bond motifs is 1. The van der Waals surface area contributed by atoms with E-state index in [0.29, 0.717) is 25.4 Å². The minimum Gasteiger partial charge on any atom is -0.486 e. The summed E-state index contributed by atoms with van der Waals surface area (Å²) in [6.45, 7) is 9.18. The van der Waals surface area contributed by atoms with Crippen LogP contribution in [-0.4, -0.2) is 46.8 Å². The number of carbonyl (C=O) groups is 2. The van der Waals surface area contributed by atoms with Crippen molar-refractivity contribution in [3.05, 3.63) is 24.0 Å². The summed E-state index contributed by atoms with van der Waals surface area (Å²) < 4.78 is 18.7. The number of ether oxygens (including phenoxy) is 3. The Bertz CT molecular complexity index is 910. The Hall–Kier alpha value is -2.61. The molecule has 0 unspecified atom stereocenters. The van der Waals surface area contributed by atoms with Gasteiger partial charge in [-0.25, -0.2) is 9.78 Å². The van der Waals surface area contributed by atoms with Gasteiger partial charge in [0.1, 0.15) is 23.8 Å². The quantitative estimate of drug-likeness (QED) is 0.675. The molecule has 1 N–H and O–H groups in total. The number of aromatic nitrogens is 2. The predicted molar refractivity (Wildman–Crippen MR) is 117 cm³/mol. The molecule has 1 aliphatic heterocycles. The Morgan fingerprint density at radius 3 is 2.68 bits per heavy atom. The van der Waals surface area contributed by atoms with E-state index < -0.39 is 11.7 Å². The highest BCUT2D eigenvalue weighted by Gasteiger charge is 2.23. The van der Waals surface area contributed by atoms with Gasteiger partial charge < -0.3 is 24.1 Å². The first-order valence-corrected chi connectivity index (χ1v) is 11.0. The summed E-state index contributed by atoms with van der Waals surface area (Å²) in [5.74, 6) is 1.45. The molecule has 1 aliphatic rings. The maximum absolute atomic E-state index is 12.1. The van der Waals surface area contributed by atoms with Crippen molar-refractivity contribution in [1.82, 2.24) is 14.9 Å². The number of Topliss-reactive ketones (excluding diaryl/α,β-unsaturated/α-hetero) is 1. The lowest BCUT2D eigenvalue weighted by Crippen LogP contribution is -2.33. The van der Waals surface area contributed by atoms with Crippen molar-refractivity contribution in [2.75, 3.05) is 19.8 Å². The van der Waals surface area contributed by atoms with Gasteiger partial charge in [-0.15, -0.1) is 0 Å². The van der Waals surface area contributed by atoms with Gasteiger partial charge in [0.25, 0.3) is 0 Å². The number of rotatable bonds is 8. The number of carbonyl (C=O) groups excluding carboxylic acids is 2. The van der Waals surface area contributed by atoms with Gasteiger partial charge in [-0.2, -0.15) is 0 Å². The van der Waals surface area contributed by atoms with Gasteiger partial charge in [0.15, 0.2) is 5.78 Å². The van der Waals surface area contributed by atoms with Crippen LogP contribution in [0.3, 0.4) is 0 Å². The Balaban J connectivity index is 1.82. The molecule has 0 spiro atoms. The van der Waals surface area contributed by atoms with Crippen LogP contribution in [-0.2, 0) is 20.8 Å². The molecule has 0 atom stereocenters. The van der Waals surface area contributed by atoms with Crippen molar-refractivity contribution in [2.24, 2.45) is 0 Å². The first-order valence-electron chi connectivity index (χ1n) is 11.0. The molecule has 8 nitrogen and oxygen atoms in total. The molecule has 2 aromatic rings. The summed E-state index contributed by atoms with van der Waals surface area (Å²) in [4.78, 5) is 28.7. The Morgan fingerprint density at radius 1 is 1.26 bits per heavy atom. The largest absolute Gasteiger partial charge is 0.486 e. The number of nitrogens with one attached hydrogen (secondary N) is 1. The van der Waals surface area contributed by atoms with Gasteiger partial charge in [-0.1, -0.05) is 6.92 Å². The molecule has 31 heavy (non-hydrogen) atoms. The number of ketones is 1. The molecule has 0 radical (unpaired) electrons. The fraction of sp³-hybridized carbons (Fsp3) is 0.609. The lowest BCUT2D eigenvalue weighted by atomic mass is 10.1. The second-order valence-corrected chi connectivity index (χ2v) is 8.82. The van der Waals surface area contributed by atoms with Crippen LogP contribution in [0.5, 0.6) is 5.75 Å². The van der Waals surface area contributed by atoms with Crippen LogP contribution in [0, 0.1) is 0 Å². The Morgan fingerprint density at radius 2 is 2.00 bits per heavy atom. The summed E-state index contributed by atoms with van der Waals surface area (Å²) in [5, 5.41) is 2.81. The SMILES string of the molecule is CCCC(=O)COc1ccc2c(c1)nc(CNC(=O)OC(C)(C)C)n2C1CCOCC1. The van der Waals surface area contributed by atoms with E-state index >= 15 is 0 Å². The van der Waals surface area contributed by atoms with Crippen LogP contribution < -0.4 is 10.1 Å². The molecular weight excluding hydrogens is 398 g/mol. The Kier molecular flexibility index (Phi) is 7.54. The average Bonchev–Trinajstić information content (AvgIpc) is 3.08. The van der Waals surface area contributed by atoms with Gasteiger partial charge >= 0.3 is 6.09 Å². The van der Waals surface area contributed by atoms with Gasteiger partial charge in [-0.3, -0.25) is 4.79 Å². The van der Waals surface area contributed by atoms with Crippen molar-refractivity contribution in [3.63, 3.8) is 0 Å². The molecule has 1 aromatic carbocycles. The van der Waals surface area contributed by atoms with Gasteiger partial charge in [-0.05, 0) is 52.2 Å². The van der Waals surface area contributed by atoms with Crippen LogP contribution >= 0.6 is 0 Å². The second-order valence-electron chi connectivity index (χ2n) is 8.82. The van der Waals surface area contributed by atoms with Gasteiger partial charge in [0, 0.05) is 31.7 Å². The molecular formula is C23H33N3O5. The van der Waals surface area contributed by atoms with E-state index in [9.17, 15) is 9.59 Å². The number of nitrogens with zero attached hydrogens (tertiary/aromatic N) is 2. The molecule has 0 bridgehead atoms. The van der Waals surface area contributed by atoms with Crippen molar-refractivity contribution >= 4 is 22.9 Å². The maximum atomic E-state index is 12.1. The third kappa shape index (κ3) is 6.43. The molecule has 1 fully saturated rings. The summed E-state index contributed by atoms with van der Waals surface area (Å²) in [7, 11) is 0. The van der Waals surface area contributed by atoms with Crippen molar-refractivity contribution in [2.45, 2.75) is 71.6 Å². The van der Waals surface area contributed by atoms with Crippen LogP contribution in [0.15, 0.2) is 18.2 Å². The number of hydrogen-bond donors (Lipinski definition) is 1. The number of benzene rings is 1. The van der Waals surface area contributed by atoms with Crippen LogP contribution in [0.1, 0.15) is 65.2 Å². The number of amides is 1. The molecule has 1 amide bonds. The standard InChI is InChI=1S/C23H33N3O5/c1-5-6-17(27)15-30-18-7-8-20-19(13-18)25-21(14-24-22(28)31-23(2,3)4)26(20)16-9-11-29-12-10-16/h7-8,13,16H,5-6,9-12,14-15H2,1-4H3,(H,24,28). The molecule has 1 aromatic heterocycles. The van der Waals surface area contributed by atoms with Crippen molar-refractivity contribution < 1.29 is 23.8 Å². The number of alkyl carbamates (subject to hydrolysis) is 1. The van der Waals surface area contributed by atoms with Crippen LogP contribution in [0.25, 0.3) is 11.0 Å². The summed E-state index contributed by atoms with van der Waals surface area (Å²) in [6, 6.07) is 5.92. The van der Waals surface area contributed by atoms with E-state index in [-0.39, 0.29) is 25.0 Å². The van der Waals surface area contributed by atoms with E-state index in [0.717, 1.165) is 36.1 Å².